The minimum absolute atomic E-state index is 0.00605. The zero-order valence-electron chi connectivity index (χ0n) is 13.3. The van der Waals surface area contributed by atoms with Crippen LogP contribution in [0.25, 0.3) is 0 Å². The van der Waals surface area contributed by atoms with Crippen molar-refractivity contribution < 1.29 is 9.18 Å². The Labute approximate surface area is 140 Å². The van der Waals surface area contributed by atoms with Crippen molar-refractivity contribution in [2.24, 2.45) is 0 Å². The molecule has 1 amide bonds. The quantitative estimate of drug-likeness (QED) is 0.916. The fourth-order valence-electron chi connectivity index (χ4n) is 3.19. The summed E-state index contributed by atoms with van der Waals surface area (Å²) >= 11 is 1.77. The van der Waals surface area contributed by atoms with E-state index in [2.05, 4.69) is 23.7 Å². The molecule has 0 bridgehead atoms. The average Bonchev–Trinajstić information content (AvgIpc) is 2.91. The maximum atomic E-state index is 13.0. The predicted molar refractivity (Wildman–Crippen MR) is 93.1 cm³/mol. The third-order valence-corrected chi connectivity index (χ3v) is 5.60. The molecule has 1 aliphatic rings. The van der Waals surface area contributed by atoms with Gasteiger partial charge >= 0.3 is 0 Å². The lowest BCUT2D eigenvalue weighted by atomic mass is 10.00. The lowest BCUT2D eigenvalue weighted by Crippen LogP contribution is -2.39. The van der Waals surface area contributed by atoms with Gasteiger partial charge in [0.2, 0.25) is 5.91 Å². The van der Waals surface area contributed by atoms with Crippen LogP contribution in [0.5, 0.6) is 0 Å². The molecular formula is C19H20FNOS. The summed E-state index contributed by atoms with van der Waals surface area (Å²) in [6, 6.07) is 14.6. The van der Waals surface area contributed by atoms with Gasteiger partial charge in [-0.15, -0.1) is 0 Å². The first-order valence-electron chi connectivity index (χ1n) is 7.76. The Morgan fingerprint density at radius 1 is 1.22 bits per heavy atom. The van der Waals surface area contributed by atoms with Crippen LogP contribution in [0.2, 0.25) is 0 Å². The Kier molecular flexibility index (Phi) is 4.71. The van der Waals surface area contributed by atoms with Crippen LogP contribution < -0.4 is 5.32 Å². The van der Waals surface area contributed by atoms with Crippen molar-refractivity contribution >= 4 is 17.7 Å². The molecule has 2 aromatic carbocycles. The van der Waals surface area contributed by atoms with Gasteiger partial charge in [-0.2, -0.15) is 11.8 Å². The molecule has 0 unspecified atom stereocenters. The van der Waals surface area contributed by atoms with Crippen molar-refractivity contribution in [3.05, 3.63) is 71.0 Å². The maximum Gasteiger partial charge on any atom is 0.227 e. The van der Waals surface area contributed by atoms with Crippen LogP contribution in [-0.2, 0) is 11.2 Å². The van der Waals surface area contributed by atoms with E-state index in [9.17, 15) is 9.18 Å². The van der Waals surface area contributed by atoms with Crippen LogP contribution in [0.1, 0.15) is 34.8 Å². The number of amides is 1. The summed E-state index contributed by atoms with van der Waals surface area (Å²) in [5, 5.41) is 3.47. The highest BCUT2D eigenvalue weighted by Crippen LogP contribution is 2.40. The molecule has 2 aromatic rings. The van der Waals surface area contributed by atoms with E-state index >= 15 is 0 Å². The fourth-order valence-corrected chi connectivity index (χ4v) is 4.16. The van der Waals surface area contributed by atoms with E-state index in [0.29, 0.717) is 0 Å². The highest BCUT2D eigenvalue weighted by atomic mass is 32.2. The van der Waals surface area contributed by atoms with Crippen molar-refractivity contribution in [3.8, 4) is 0 Å². The first kappa shape index (κ1) is 16.1. The molecule has 0 aromatic heterocycles. The number of hydrogen-bond donors (Lipinski definition) is 1. The molecule has 0 heterocycles. The van der Waals surface area contributed by atoms with Crippen molar-refractivity contribution in [3.63, 3.8) is 0 Å². The van der Waals surface area contributed by atoms with Gasteiger partial charge < -0.3 is 5.32 Å². The van der Waals surface area contributed by atoms with E-state index < -0.39 is 0 Å². The highest BCUT2D eigenvalue weighted by Gasteiger charge is 2.33. The molecule has 0 saturated heterocycles. The first-order valence-corrected chi connectivity index (χ1v) is 9.05. The minimum Gasteiger partial charge on any atom is -0.351 e. The van der Waals surface area contributed by atoms with E-state index in [0.717, 1.165) is 12.0 Å². The van der Waals surface area contributed by atoms with Crippen LogP contribution in [0.3, 0.4) is 0 Å². The number of halogens is 1. The summed E-state index contributed by atoms with van der Waals surface area (Å²) in [5.74, 6) is -0.578. The van der Waals surface area contributed by atoms with Crippen molar-refractivity contribution in [2.45, 2.75) is 30.6 Å². The lowest BCUT2D eigenvalue weighted by molar-refractivity contribution is -0.122. The molecule has 3 rings (SSSR count). The molecular weight excluding hydrogens is 309 g/mol. The smallest absolute Gasteiger partial charge is 0.227 e. The topological polar surface area (TPSA) is 29.1 Å². The van der Waals surface area contributed by atoms with Crippen LogP contribution in [0.4, 0.5) is 4.39 Å². The first-order chi connectivity index (χ1) is 11.1. The molecule has 0 aliphatic heterocycles. The van der Waals surface area contributed by atoms with Gasteiger partial charge in [0.1, 0.15) is 5.82 Å². The molecule has 3 atom stereocenters. The number of hydrogen-bond acceptors (Lipinski definition) is 2. The standard InChI is InChI=1S/C19H20FNOS/c1-12(13-7-9-15(20)10-8-13)19(22)21-17-11-14-5-3-4-6-16(14)18(17)23-2/h3-10,12,17-18H,11H2,1-2H3,(H,21,22)/t12-,17+,18+/m0/s1. The molecule has 2 nitrogen and oxygen atoms in total. The molecule has 120 valence electrons. The van der Waals surface area contributed by atoms with E-state index in [1.54, 1.807) is 23.9 Å². The van der Waals surface area contributed by atoms with Crippen LogP contribution in [0.15, 0.2) is 48.5 Å². The number of carbonyl (C=O) groups is 1. The lowest BCUT2D eigenvalue weighted by Gasteiger charge is -2.22. The van der Waals surface area contributed by atoms with E-state index in [4.69, 9.17) is 0 Å². The third kappa shape index (κ3) is 3.27. The zero-order chi connectivity index (χ0) is 16.4. The normalized spacial score (nSPS) is 20.8. The molecule has 23 heavy (non-hydrogen) atoms. The molecule has 4 heteroatoms. The Balaban J connectivity index is 1.72. The summed E-state index contributed by atoms with van der Waals surface area (Å²) < 4.78 is 13.0. The SMILES string of the molecule is CS[C@@H]1c2ccccc2C[C@H]1NC(=O)[C@@H](C)c1ccc(F)cc1. The monoisotopic (exact) mass is 329 g/mol. The average molecular weight is 329 g/mol. The van der Waals surface area contributed by atoms with Gasteiger partial charge in [-0.25, -0.2) is 4.39 Å². The summed E-state index contributed by atoms with van der Waals surface area (Å²) in [6.07, 6.45) is 2.94. The zero-order valence-corrected chi connectivity index (χ0v) is 14.1. The van der Waals surface area contributed by atoms with Gasteiger partial charge in [-0.3, -0.25) is 4.79 Å². The van der Waals surface area contributed by atoms with E-state index in [-0.39, 0.29) is 28.9 Å². The predicted octanol–water partition coefficient (Wildman–Crippen LogP) is 4.07. The van der Waals surface area contributed by atoms with Gasteiger partial charge in [0, 0.05) is 6.04 Å². The van der Waals surface area contributed by atoms with Crippen LogP contribution in [-0.4, -0.2) is 18.2 Å². The molecule has 0 spiro atoms. The second-order valence-corrected chi connectivity index (χ2v) is 6.93. The number of nitrogens with one attached hydrogen (secondary N) is 1. The molecule has 0 radical (unpaired) electrons. The molecule has 0 saturated carbocycles. The van der Waals surface area contributed by atoms with Gasteiger partial charge in [-0.05, 0) is 48.4 Å². The second kappa shape index (κ2) is 6.75. The largest absolute Gasteiger partial charge is 0.351 e. The number of carbonyl (C=O) groups excluding carboxylic acids is 1. The fraction of sp³-hybridized carbons (Fsp3) is 0.316. The van der Waals surface area contributed by atoms with Gasteiger partial charge in [0.15, 0.2) is 0 Å². The summed E-state index contributed by atoms with van der Waals surface area (Å²) in [5.41, 5.74) is 3.46. The van der Waals surface area contributed by atoms with Crippen LogP contribution >= 0.6 is 11.8 Å². The summed E-state index contributed by atoms with van der Waals surface area (Å²) in [4.78, 5) is 12.6. The number of benzene rings is 2. The Morgan fingerprint density at radius 3 is 2.61 bits per heavy atom. The number of thioether (sulfide) groups is 1. The summed E-state index contributed by atoms with van der Waals surface area (Å²) in [6.45, 7) is 1.86. The second-order valence-electron chi connectivity index (χ2n) is 5.95. The van der Waals surface area contributed by atoms with Crippen LogP contribution in [0, 0.1) is 5.82 Å². The van der Waals surface area contributed by atoms with E-state index in [1.807, 2.05) is 19.1 Å². The third-order valence-electron chi connectivity index (χ3n) is 4.51. The Morgan fingerprint density at radius 2 is 1.91 bits per heavy atom. The molecule has 1 N–H and O–H groups in total. The Bertz CT molecular complexity index is 701. The van der Waals surface area contributed by atoms with E-state index in [1.165, 1.54) is 23.3 Å². The Hall–Kier alpha value is -1.81. The molecule has 1 aliphatic carbocycles. The minimum atomic E-state index is -0.290. The maximum absolute atomic E-state index is 13.0. The summed E-state index contributed by atoms with van der Waals surface area (Å²) in [7, 11) is 0. The number of rotatable bonds is 4. The van der Waals surface area contributed by atoms with Crippen molar-refractivity contribution in [1.29, 1.82) is 0 Å². The van der Waals surface area contributed by atoms with Gasteiger partial charge in [-0.1, -0.05) is 36.4 Å². The van der Waals surface area contributed by atoms with Crippen molar-refractivity contribution in [2.75, 3.05) is 6.26 Å². The van der Waals surface area contributed by atoms with Crippen molar-refractivity contribution in [1.82, 2.24) is 5.32 Å². The number of fused-ring (bicyclic) bond motifs is 1. The van der Waals surface area contributed by atoms with Gasteiger partial charge in [0.05, 0.1) is 11.2 Å². The molecule has 0 fully saturated rings. The highest BCUT2D eigenvalue weighted by molar-refractivity contribution is 7.98. The van der Waals surface area contributed by atoms with Gasteiger partial charge in [0.25, 0.3) is 0 Å².